The lowest BCUT2D eigenvalue weighted by Gasteiger charge is -2.23. The Labute approximate surface area is 142 Å². The van der Waals surface area contributed by atoms with Crippen LogP contribution in [0, 0.1) is 20.8 Å². The summed E-state index contributed by atoms with van der Waals surface area (Å²) in [6, 6.07) is 3.46. The Balaban J connectivity index is 2.14. The number of hydrogen-bond donors (Lipinski definition) is 2. The molecular weight excluding hydrogens is 306 g/mol. The minimum Gasteiger partial charge on any atom is -0.324 e. The van der Waals surface area contributed by atoms with E-state index in [1.165, 1.54) is 0 Å². The summed E-state index contributed by atoms with van der Waals surface area (Å²) < 4.78 is 0. The van der Waals surface area contributed by atoms with E-state index >= 15 is 0 Å². The van der Waals surface area contributed by atoms with Crippen molar-refractivity contribution in [2.24, 2.45) is 0 Å². The Hall–Kier alpha value is -2.37. The number of aryl methyl sites for hydroxylation is 3. The minimum atomic E-state index is -0.882. The van der Waals surface area contributed by atoms with Crippen LogP contribution in [0.15, 0.2) is 12.1 Å². The van der Waals surface area contributed by atoms with E-state index in [0.29, 0.717) is 12.8 Å². The van der Waals surface area contributed by atoms with E-state index in [9.17, 15) is 14.4 Å². The van der Waals surface area contributed by atoms with Crippen molar-refractivity contribution in [2.75, 3.05) is 11.9 Å². The van der Waals surface area contributed by atoms with Crippen molar-refractivity contribution in [3.63, 3.8) is 0 Å². The molecule has 0 bridgehead atoms. The van der Waals surface area contributed by atoms with E-state index in [-0.39, 0.29) is 18.4 Å². The molecule has 1 aliphatic heterocycles. The van der Waals surface area contributed by atoms with Gasteiger partial charge in [-0.05, 0) is 44.7 Å². The van der Waals surface area contributed by atoms with Gasteiger partial charge in [-0.2, -0.15) is 0 Å². The molecule has 2 rings (SSSR count). The van der Waals surface area contributed by atoms with E-state index in [4.69, 9.17) is 0 Å². The highest BCUT2D eigenvalue weighted by molar-refractivity contribution is 6.10. The number of carbonyl (C=O) groups is 3. The first-order chi connectivity index (χ1) is 11.2. The van der Waals surface area contributed by atoms with E-state index in [2.05, 4.69) is 10.6 Å². The first-order valence-electron chi connectivity index (χ1n) is 8.26. The molecule has 0 saturated carbocycles. The van der Waals surface area contributed by atoms with Gasteiger partial charge in [0.05, 0.1) is 0 Å². The highest BCUT2D eigenvalue weighted by atomic mass is 16.2. The predicted octanol–water partition coefficient (Wildman–Crippen LogP) is 2.66. The third kappa shape index (κ3) is 3.13. The molecule has 130 valence electrons. The van der Waals surface area contributed by atoms with Gasteiger partial charge >= 0.3 is 6.03 Å². The Morgan fingerprint density at radius 2 is 1.67 bits per heavy atom. The van der Waals surface area contributed by atoms with E-state index in [1.54, 1.807) is 0 Å². The quantitative estimate of drug-likeness (QED) is 0.814. The van der Waals surface area contributed by atoms with Gasteiger partial charge in [-0.1, -0.05) is 31.5 Å². The zero-order valence-electron chi connectivity index (χ0n) is 14.9. The van der Waals surface area contributed by atoms with Crippen LogP contribution in [0.2, 0.25) is 0 Å². The molecule has 0 aliphatic carbocycles. The average Bonchev–Trinajstić information content (AvgIpc) is 2.75. The number of nitrogens with zero attached hydrogens (tertiary/aromatic N) is 1. The Morgan fingerprint density at radius 1 is 1.12 bits per heavy atom. The van der Waals surface area contributed by atoms with Crippen LogP contribution in [0.3, 0.4) is 0 Å². The van der Waals surface area contributed by atoms with Crippen molar-refractivity contribution in [3.8, 4) is 0 Å². The maximum absolute atomic E-state index is 12.5. The Bertz CT molecular complexity index is 670. The normalized spacial score (nSPS) is 16.3. The lowest BCUT2D eigenvalue weighted by atomic mass is 9.93. The SMILES string of the molecule is CCC1(CC)NC(=O)N(CC(=O)Nc2c(C)cc(C)cc2C)C1=O. The molecule has 6 nitrogen and oxygen atoms in total. The molecule has 1 heterocycles. The summed E-state index contributed by atoms with van der Waals surface area (Å²) in [5.74, 6) is -0.707. The first kappa shape index (κ1) is 18.0. The molecule has 1 saturated heterocycles. The molecule has 0 radical (unpaired) electrons. The second kappa shape index (κ2) is 6.63. The van der Waals surface area contributed by atoms with Gasteiger partial charge in [0, 0.05) is 5.69 Å². The van der Waals surface area contributed by atoms with Crippen LogP contribution >= 0.6 is 0 Å². The van der Waals surface area contributed by atoms with Crippen LogP contribution < -0.4 is 10.6 Å². The monoisotopic (exact) mass is 331 g/mol. The third-order valence-corrected chi connectivity index (χ3v) is 4.70. The number of nitrogens with one attached hydrogen (secondary N) is 2. The van der Waals surface area contributed by atoms with Gasteiger partial charge in [-0.3, -0.25) is 14.5 Å². The zero-order chi connectivity index (χ0) is 18.1. The predicted molar refractivity (Wildman–Crippen MR) is 92.8 cm³/mol. The average molecular weight is 331 g/mol. The van der Waals surface area contributed by atoms with Crippen molar-refractivity contribution in [2.45, 2.75) is 53.0 Å². The lowest BCUT2D eigenvalue weighted by molar-refractivity contribution is -0.134. The molecule has 6 heteroatoms. The summed E-state index contributed by atoms with van der Waals surface area (Å²) >= 11 is 0. The molecule has 4 amide bonds. The van der Waals surface area contributed by atoms with Crippen LogP contribution in [0.5, 0.6) is 0 Å². The number of rotatable bonds is 5. The largest absolute Gasteiger partial charge is 0.325 e. The van der Waals surface area contributed by atoms with Crippen LogP contribution in [0.1, 0.15) is 43.4 Å². The lowest BCUT2D eigenvalue weighted by Crippen LogP contribution is -2.46. The Kier molecular flexibility index (Phi) is 4.96. The number of hydrogen-bond acceptors (Lipinski definition) is 3. The van der Waals surface area contributed by atoms with Gasteiger partial charge in [-0.25, -0.2) is 4.79 Å². The third-order valence-electron chi connectivity index (χ3n) is 4.70. The maximum atomic E-state index is 12.5. The summed E-state index contributed by atoms with van der Waals surface area (Å²) in [5.41, 5.74) is 2.87. The molecule has 0 atom stereocenters. The van der Waals surface area contributed by atoms with Crippen molar-refractivity contribution in [3.05, 3.63) is 28.8 Å². The van der Waals surface area contributed by atoms with Crippen LogP contribution in [0.25, 0.3) is 0 Å². The standard InChI is InChI=1S/C18H25N3O3/c1-6-18(7-2)16(23)21(17(24)20-18)10-14(22)19-15-12(4)8-11(3)9-13(15)5/h8-9H,6-7,10H2,1-5H3,(H,19,22)(H,20,24). The van der Waals surface area contributed by atoms with Crippen molar-refractivity contribution in [1.29, 1.82) is 0 Å². The van der Waals surface area contributed by atoms with Gasteiger partial charge in [-0.15, -0.1) is 0 Å². The summed E-state index contributed by atoms with van der Waals surface area (Å²) in [6.07, 6.45) is 1.00. The number of carbonyl (C=O) groups excluding carboxylic acids is 3. The zero-order valence-corrected chi connectivity index (χ0v) is 14.9. The molecular formula is C18H25N3O3. The molecule has 0 aromatic heterocycles. The van der Waals surface area contributed by atoms with Crippen molar-refractivity contribution < 1.29 is 14.4 Å². The molecule has 1 fully saturated rings. The second-order valence-electron chi connectivity index (χ2n) is 6.43. The van der Waals surface area contributed by atoms with E-state index in [0.717, 1.165) is 27.3 Å². The molecule has 1 aliphatic rings. The summed E-state index contributed by atoms with van der Waals surface area (Å²) in [7, 11) is 0. The highest BCUT2D eigenvalue weighted by Gasteiger charge is 2.49. The van der Waals surface area contributed by atoms with Gasteiger partial charge < -0.3 is 10.6 Å². The van der Waals surface area contributed by atoms with Crippen LogP contribution in [-0.2, 0) is 9.59 Å². The fourth-order valence-corrected chi connectivity index (χ4v) is 3.25. The number of benzene rings is 1. The fourth-order valence-electron chi connectivity index (χ4n) is 3.25. The summed E-state index contributed by atoms with van der Waals surface area (Å²) in [5, 5.41) is 5.55. The topological polar surface area (TPSA) is 78.5 Å². The molecule has 24 heavy (non-hydrogen) atoms. The molecule has 1 aromatic carbocycles. The summed E-state index contributed by atoms with van der Waals surface area (Å²) in [6.45, 7) is 9.26. The fraction of sp³-hybridized carbons (Fsp3) is 0.500. The molecule has 0 unspecified atom stereocenters. The molecule has 0 spiro atoms. The minimum absolute atomic E-state index is 0.279. The van der Waals surface area contributed by atoms with Crippen LogP contribution in [-0.4, -0.2) is 34.8 Å². The number of anilines is 1. The van der Waals surface area contributed by atoms with Gasteiger partial charge in [0.1, 0.15) is 12.1 Å². The van der Waals surface area contributed by atoms with Gasteiger partial charge in [0.25, 0.3) is 5.91 Å². The number of urea groups is 1. The second-order valence-corrected chi connectivity index (χ2v) is 6.43. The number of imide groups is 1. The highest BCUT2D eigenvalue weighted by Crippen LogP contribution is 2.25. The molecule has 2 N–H and O–H groups in total. The van der Waals surface area contributed by atoms with Crippen LogP contribution in [0.4, 0.5) is 10.5 Å². The van der Waals surface area contributed by atoms with Gasteiger partial charge in [0.2, 0.25) is 5.91 Å². The van der Waals surface area contributed by atoms with E-state index in [1.807, 2.05) is 46.8 Å². The Morgan fingerprint density at radius 3 is 2.12 bits per heavy atom. The van der Waals surface area contributed by atoms with E-state index < -0.39 is 11.6 Å². The smallest absolute Gasteiger partial charge is 0.324 e. The van der Waals surface area contributed by atoms with Crippen molar-refractivity contribution in [1.82, 2.24) is 10.2 Å². The van der Waals surface area contributed by atoms with Crippen molar-refractivity contribution >= 4 is 23.5 Å². The number of amides is 4. The maximum Gasteiger partial charge on any atom is 0.325 e. The summed E-state index contributed by atoms with van der Waals surface area (Å²) in [4.78, 5) is 38.0. The van der Waals surface area contributed by atoms with Gasteiger partial charge in [0.15, 0.2) is 0 Å². The molecule has 1 aromatic rings. The first-order valence-corrected chi connectivity index (χ1v) is 8.26.